The van der Waals surface area contributed by atoms with Crippen molar-refractivity contribution in [2.24, 2.45) is 0 Å². The number of imide groups is 1. The third-order valence-corrected chi connectivity index (χ3v) is 4.97. The Labute approximate surface area is 182 Å². The number of hydrogen-bond donors (Lipinski definition) is 1. The molecule has 0 radical (unpaired) electrons. The quantitative estimate of drug-likeness (QED) is 0.581. The fourth-order valence-electron chi connectivity index (χ4n) is 3.44. The Kier molecular flexibility index (Phi) is 5.59. The standard InChI is InChI=1S/C24H18F2N2O4/c1-31-16-10-8-15(9-11-16)27-22-21(17-5-3-4-6-20(17)32-2)23(29)28(24(22)30)19-13-14(25)7-12-18(19)26/h3-13,27H,1-2H3. The van der Waals surface area contributed by atoms with Crippen molar-refractivity contribution < 1.29 is 27.8 Å². The smallest absolute Gasteiger partial charge is 0.282 e. The summed E-state index contributed by atoms with van der Waals surface area (Å²) >= 11 is 0. The van der Waals surface area contributed by atoms with E-state index in [-0.39, 0.29) is 11.3 Å². The van der Waals surface area contributed by atoms with Gasteiger partial charge in [0.2, 0.25) is 0 Å². The maximum atomic E-state index is 14.5. The molecule has 1 aliphatic rings. The number of hydrogen-bond acceptors (Lipinski definition) is 5. The molecule has 6 nitrogen and oxygen atoms in total. The van der Waals surface area contributed by atoms with Gasteiger partial charge in [-0.1, -0.05) is 18.2 Å². The van der Waals surface area contributed by atoms with Crippen LogP contribution in [0.5, 0.6) is 11.5 Å². The van der Waals surface area contributed by atoms with E-state index in [9.17, 15) is 18.4 Å². The fraction of sp³-hybridized carbons (Fsp3) is 0.0833. The van der Waals surface area contributed by atoms with Crippen molar-refractivity contribution in [1.82, 2.24) is 0 Å². The van der Waals surface area contributed by atoms with Gasteiger partial charge >= 0.3 is 0 Å². The summed E-state index contributed by atoms with van der Waals surface area (Å²) in [6, 6.07) is 15.9. The zero-order valence-corrected chi connectivity index (χ0v) is 17.2. The number of ether oxygens (including phenoxy) is 2. The molecule has 0 aliphatic carbocycles. The highest BCUT2D eigenvalue weighted by molar-refractivity contribution is 6.46. The van der Waals surface area contributed by atoms with Crippen LogP contribution in [0, 0.1) is 11.6 Å². The van der Waals surface area contributed by atoms with Gasteiger partial charge in [0.25, 0.3) is 11.8 Å². The first-order chi connectivity index (χ1) is 15.4. The van der Waals surface area contributed by atoms with Gasteiger partial charge in [-0.25, -0.2) is 13.7 Å². The Morgan fingerprint density at radius 2 is 1.56 bits per heavy atom. The van der Waals surface area contributed by atoms with E-state index in [1.165, 1.54) is 14.2 Å². The first-order valence-electron chi connectivity index (χ1n) is 9.57. The second-order valence-corrected chi connectivity index (χ2v) is 6.85. The van der Waals surface area contributed by atoms with Crippen molar-refractivity contribution in [3.05, 3.63) is 89.6 Å². The SMILES string of the molecule is COc1ccc(NC2=C(c3ccccc3OC)C(=O)N(c3cc(F)ccc3F)C2=O)cc1. The lowest BCUT2D eigenvalue weighted by atomic mass is 10.0. The van der Waals surface area contributed by atoms with E-state index in [2.05, 4.69) is 5.32 Å². The maximum absolute atomic E-state index is 14.5. The summed E-state index contributed by atoms with van der Waals surface area (Å²) in [6.45, 7) is 0. The topological polar surface area (TPSA) is 67.9 Å². The van der Waals surface area contributed by atoms with Crippen LogP contribution in [0.1, 0.15) is 5.56 Å². The van der Waals surface area contributed by atoms with E-state index in [1.807, 2.05) is 0 Å². The molecule has 0 unspecified atom stereocenters. The van der Waals surface area contributed by atoms with Gasteiger partial charge in [-0.3, -0.25) is 9.59 Å². The predicted molar refractivity (Wildman–Crippen MR) is 115 cm³/mol. The number of halogens is 2. The van der Waals surface area contributed by atoms with Gasteiger partial charge in [0.1, 0.15) is 28.8 Å². The van der Waals surface area contributed by atoms with Crippen LogP contribution in [0.2, 0.25) is 0 Å². The number of benzene rings is 3. The summed E-state index contributed by atoms with van der Waals surface area (Å²) in [5, 5.41) is 2.95. The van der Waals surface area contributed by atoms with E-state index in [4.69, 9.17) is 9.47 Å². The minimum Gasteiger partial charge on any atom is -0.497 e. The molecule has 162 valence electrons. The van der Waals surface area contributed by atoms with Crippen LogP contribution in [0.4, 0.5) is 20.2 Å². The average Bonchev–Trinajstić information content (AvgIpc) is 3.05. The minimum atomic E-state index is -0.904. The molecule has 3 aromatic rings. The zero-order valence-electron chi connectivity index (χ0n) is 17.2. The van der Waals surface area contributed by atoms with Gasteiger partial charge in [0, 0.05) is 17.3 Å². The number of anilines is 2. The summed E-state index contributed by atoms with van der Waals surface area (Å²) in [6.07, 6.45) is 0. The maximum Gasteiger partial charge on any atom is 0.282 e. The number of rotatable bonds is 6. The molecule has 0 saturated heterocycles. The Balaban J connectivity index is 1.86. The first kappa shape index (κ1) is 21.0. The highest BCUT2D eigenvalue weighted by Crippen LogP contribution is 2.38. The molecule has 3 aromatic carbocycles. The van der Waals surface area contributed by atoms with Crippen LogP contribution in [0.3, 0.4) is 0 Å². The van der Waals surface area contributed by atoms with Crippen molar-refractivity contribution in [2.45, 2.75) is 0 Å². The van der Waals surface area contributed by atoms with E-state index in [0.29, 0.717) is 27.6 Å². The molecule has 1 heterocycles. The average molecular weight is 436 g/mol. The van der Waals surface area contributed by atoms with Crippen molar-refractivity contribution >= 4 is 28.8 Å². The van der Waals surface area contributed by atoms with Crippen LogP contribution in [0.15, 0.2) is 72.4 Å². The molecule has 0 atom stereocenters. The number of nitrogens with zero attached hydrogens (tertiary/aromatic N) is 1. The summed E-state index contributed by atoms with van der Waals surface area (Å²) in [7, 11) is 2.95. The molecule has 0 spiro atoms. The van der Waals surface area contributed by atoms with Gasteiger partial charge in [0.05, 0.1) is 25.5 Å². The fourth-order valence-corrected chi connectivity index (χ4v) is 3.44. The first-order valence-corrected chi connectivity index (χ1v) is 9.57. The number of carbonyl (C=O) groups excluding carboxylic acids is 2. The Morgan fingerprint density at radius 3 is 2.25 bits per heavy atom. The van der Waals surface area contributed by atoms with Gasteiger partial charge < -0.3 is 14.8 Å². The predicted octanol–water partition coefficient (Wildman–Crippen LogP) is 4.38. The molecule has 0 aromatic heterocycles. The highest BCUT2D eigenvalue weighted by atomic mass is 19.1. The van der Waals surface area contributed by atoms with Crippen molar-refractivity contribution in [1.29, 1.82) is 0 Å². The van der Waals surface area contributed by atoms with E-state index in [0.717, 1.165) is 18.2 Å². The largest absolute Gasteiger partial charge is 0.497 e. The Hall–Kier alpha value is -4.20. The lowest BCUT2D eigenvalue weighted by Gasteiger charge is -2.16. The Morgan fingerprint density at radius 1 is 0.844 bits per heavy atom. The van der Waals surface area contributed by atoms with E-state index in [1.54, 1.807) is 48.5 Å². The van der Waals surface area contributed by atoms with Crippen LogP contribution < -0.4 is 19.7 Å². The van der Waals surface area contributed by atoms with Gasteiger partial charge in [0.15, 0.2) is 0 Å². The monoisotopic (exact) mass is 436 g/mol. The lowest BCUT2D eigenvalue weighted by Crippen LogP contribution is -2.33. The molecule has 0 bridgehead atoms. The number of methoxy groups -OCH3 is 2. The second-order valence-electron chi connectivity index (χ2n) is 6.85. The van der Waals surface area contributed by atoms with Crippen LogP contribution >= 0.6 is 0 Å². The van der Waals surface area contributed by atoms with Crippen molar-refractivity contribution in [2.75, 3.05) is 24.4 Å². The Bertz CT molecular complexity index is 1240. The van der Waals surface area contributed by atoms with E-state index < -0.39 is 29.1 Å². The third kappa shape index (κ3) is 3.66. The molecule has 0 fully saturated rings. The summed E-state index contributed by atoms with van der Waals surface area (Å²) in [5.41, 5.74) is 0.249. The molecule has 32 heavy (non-hydrogen) atoms. The lowest BCUT2D eigenvalue weighted by molar-refractivity contribution is -0.120. The molecule has 0 saturated carbocycles. The number of amides is 2. The zero-order chi connectivity index (χ0) is 22.8. The number of para-hydroxylation sites is 1. The van der Waals surface area contributed by atoms with Gasteiger partial charge in [-0.2, -0.15) is 0 Å². The normalized spacial score (nSPS) is 13.6. The molecule has 8 heteroatoms. The van der Waals surface area contributed by atoms with Crippen LogP contribution in [0.25, 0.3) is 5.57 Å². The number of carbonyl (C=O) groups is 2. The second kappa shape index (κ2) is 8.50. The summed E-state index contributed by atoms with van der Waals surface area (Å²) in [5.74, 6) is -2.36. The van der Waals surface area contributed by atoms with Gasteiger partial charge in [-0.15, -0.1) is 0 Å². The molecule has 4 rings (SSSR count). The molecule has 1 N–H and O–H groups in total. The molecule has 2 amide bonds. The molecular formula is C24H18F2N2O4. The van der Waals surface area contributed by atoms with Crippen molar-refractivity contribution in [3.8, 4) is 11.5 Å². The van der Waals surface area contributed by atoms with Crippen molar-refractivity contribution in [3.63, 3.8) is 0 Å². The summed E-state index contributed by atoms with van der Waals surface area (Å²) in [4.78, 5) is 27.3. The van der Waals surface area contributed by atoms with Gasteiger partial charge in [-0.05, 0) is 42.5 Å². The molecular weight excluding hydrogens is 418 g/mol. The van der Waals surface area contributed by atoms with Crippen LogP contribution in [-0.2, 0) is 9.59 Å². The number of nitrogens with one attached hydrogen (secondary N) is 1. The minimum absolute atomic E-state index is 0.0214. The van der Waals surface area contributed by atoms with E-state index >= 15 is 0 Å². The summed E-state index contributed by atoms with van der Waals surface area (Å²) < 4.78 is 38.8. The molecule has 1 aliphatic heterocycles. The van der Waals surface area contributed by atoms with Crippen LogP contribution in [-0.4, -0.2) is 26.0 Å². The third-order valence-electron chi connectivity index (χ3n) is 4.97. The highest BCUT2D eigenvalue weighted by Gasteiger charge is 2.42.